The van der Waals surface area contributed by atoms with Crippen LogP contribution in [0.15, 0.2) is 42.1 Å². The molecule has 0 N–H and O–H groups in total. The van der Waals surface area contributed by atoms with E-state index in [2.05, 4.69) is 0 Å². The van der Waals surface area contributed by atoms with Crippen molar-refractivity contribution in [3.63, 3.8) is 0 Å². The number of anilines is 1. The topological polar surface area (TPSA) is 37.4 Å². The van der Waals surface area contributed by atoms with Gasteiger partial charge in [0.05, 0.1) is 11.1 Å². The molecule has 0 bridgehead atoms. The highest BCUT2D eigenvalue weighted by Gasteiger charge is 2.51. The third-order valence-electron chi connectivity index (χ3n) is 4.36. The van der Waals surface area contributed by atoms with Crippen LogP contribution in [0, 0.1) is 17.2 Å². The Morgan fingerprint density at radius 2 is 2.14 bits per heavy atom. The molecular formula is C17H16FNO2. The fourth-order valence-corrected chi connectivity index (χ4v) is 3.09. The number of hydrogen-bond acceptors (Lipinski definition) is 2. The van der Waals surface area contributed by atoms with Gasteiger partial charge in [-0.3, -0.25) is 14.5 Å². The van der Waals surface area contributed by atoms with Crippen LogP contribution < -0.4 is 4.90 Å². The molecule has 0 radical (unpaired) electrons. The molecule has 1 aromatic rings. The fraction of sp³-hybridized carbons (Fsp3) is 0.294. The highest BCUT2D eigenvalue weighted by atomic mass is 19.1. The number of amides is 1. The zero-order chi connectivity index (χ0) is 15.2. The minimum atomic E-state index is -0.583. The van der Waals surface area contributed by atoms with Crippen molar-refractivity contribution in [1.29, 1.82) is 0 Å². The van der Waals surface area contributed by atoms with Crippen LogP contribution in [0.2, 0.25) is 0 Å². The summed E-state index contributed by atoms with van der Waals surface area (Å²) in [6.45, 7) is 3.77. The first-order valence-electron chi connectivity index (χ1n) is 6.93. The van der Waals surface area contributed by atoms with E-state index in [0.29, 0.717) is 11.8 Å². The number of benzene rings is 1. The predicted octanol–water partition coefficient (Wildman–Crippen LogP) is 3.47. The Bertz CT molecular complexity index is 688. The standard InChI is InChI=1S/C17H16FNO2/c1-17(2)12-5-3-4-6-14(12)19(16(17)21)15-9-11(10-20)7-8-13(15)18/h3-4,6-10,12H,5H2,1-2H3. The van der Waals surface area contributed by atoms with Crippen LogP contribution in [0.1, 0.15) is 30.6 Å². The Balaban J connectivity index is 2.17. The molecule has 1 fully saturated rings. The summed E-state index contributed by atoms with van der Waals surface area (Å²) in [5.41, 5.74) is 0.726. The lowest BCUT2D eigenvalue weighted by Crippen LogP contribution is -2.31. The van der Waals surface area contributed by atoms with Crippen molar-refractivity contribution in [2.75, 3.05) is 4.90 Å². The first-order chi connectivity index (χ1) is 9.96. The normalized spacial score (nSPS) is 23.0. The van der Waals surface area contributed by atoms with Gasteiger partial charge in [0.1, 0.15) is 12.1 Å². The number of nitrogens with zero attached hydrogens (tertiary/aromatic N) is 1. The highest BCUT2D eigenvalue weighted by molar-refractivity contribution is 6.04. The van der Waals surface area contributed by atoms with Crippen molar-refractivity contribution < 1.29 is 14.0 Å². The van der Waals surface area contributed by atoms with E-state index in [9.17, 15) is 14.0 Å². The maximum atomic E-state index is 14.2. The number of allylic oxidation sites excluding steroid dienone is 4. The smallest absolute Gasteiger partial charge is 0.237 e. The Morgan fingerprint density at radius 3 is 2.86 bits per heavy atom. The Kier molecular flexibility index (Phi) is 3.04. The molecule has 108 valence electrons. The number of halogens is 1. The number of fused-ring (bicyclic) bond motifs is 1. The van der Waals surface area contributed by atoms with Crippen molar-refractivity contribution in [2.24, 2.45) is 11.3 Å². The van der Waals surface area contributed by atoms with Crippen LogP contribution >= 0.6 is 0 Å². The molecule has 0 saturated carbocycles. The maximum Gasteiger partial charge on any atom is 0.237 e. The van der Waals surface area contributed by atoms with Crippen molar-refractivity contribution >= 4 is 17.9 Å². The third-order valence-corrected chi connectivity index (χ3v) is 4.36. The first-order valence-corrected chi connectivity index (χ1v) is 6.93. The molecule has 1 atom stereocenters. The van der Waals surface area contributed by atoms with Crippen molar-refractivity contribution in [2.45, 2.75) is 20.3 Å². The maximum absolute atomic E-state index is 14.2. The predicted molar refractivity (Wildman–Crippen MR) is 78.4 cm³/mol. The van der Waals surface area contributed by atoms with Gasteiger partial charge in [0, 0.05) is 17.2 Å². The molecule has 3 rings (SSSR count). The van der Waals surface area contributed by atoms with Gasteiger partial charge in [-0.05, 0) is 30.7 Å². The number of carbonyl (C=O) groups excluding carboxylic acids is 2. The summed E-state index contributed by atoms with van der Waals surface area (Å²) in [7, 11) is 0. The zero-order valence-electron chi connectivity index (χ0n) is 12.0. The molecule has 4 heteroatoms. The summed E-state index contributed by atoms with van der Waals surface area (Å²) >= 11 is 0. The summed E-state index contributed by atoms with van der Waals surface area (Å²) in [6, 6.07) is 4.06. The summed E-state index contributed by atoms with van der Waals surface area (Å²) in [5, 5.41) is 0. The first kappa shape index (κ1) is 13.7. The van der Waals surface area contributed by atoms with E-state index in [0.717, 1.165) is 12.1 Å². The molecule has 3 nitrogen and oxygen atoms in total. The molecule has 1 heterocycles. The summed E-state index contributed by atoms with van der Waals surface area (Å²) < 4.78 is 14.2. The molecule has 1 aliphatic carbocycles. The Hall–Kier alpha value is -2.23. The van der Waals surface area contributed by atoms with Gasteiger partial charge in [0.25, 0.3) is 0 Å². The average Bonchev–Trinajstić information content (AvgIpc) is 2.68. The molecule has 1 amide bonds. The van der Waals surface area contributed by atoms with Crippen LogP contribution in [0.25, 0.3) is 0 Å². The summed E-state index contributed by atoms with van der Waals surface area (Å²) in [4.78, 5) is 25.1. The molecule has 0 aromatic heterocycles. The van der Waals surface area contributed by atoms with Crippen LogP contribution in [0.4, 0.5) is 10.1 Å². The van der Waals surface area contributed by atoms with Crippen molar-refractivity contribution in [1.82, 2.24) is 0 Å². The number of hydrogen-bond donors (Lipinski definition) is 0. The molecule has 1 aliphatic heterocycles. The van der Waals surface area contributed by atoms with Crippen LogP contribution in [0.5, 0.6) is 0 Å². The van der Waals surface area contributed by atoms with Crippen molar-refractivity contribution in [3.8, 4) is 0 Å². The third kappa shape index (κ3) is 1.94. The molecule has 0 spiro atoms. The van der Waals surface area contributed by atoms with Gasteiger partial charge in [-0.1, -0.05) is 26.0 Å². The van der Waals surface area contributed by atoms with E-state index >= 15 is 0 Å². The van der Waals surface area contributed by atoms with E-state index in [1.807, 2.05) is 32.1 Å². The average molecular weight is 285 g/mol. The molecular weight excluding hydrogens is 269 g/mol. The van der Waals surface area contributed by atoms with Crippen molar-refractivity contribution in [3.05, 3.63) is 53.5 Å². The van der Waals surface area contributed by atoms with E-state index in [4.69, 9.17) is 0 Å². The van der Waals surface area contributed by atoms with Gasteiger partial charge < -0.3 is 0 Å². The van der Waals surface area contributed by atoms with E-state index < -0.39 is 11.2 Å². The molecule has 1 unspecified atom stereocenters. The minimum Gasteiger partial charge on any atom is -0.298 e. The molecule has 21 heavy (non-hydrogen) atoms. The van der Waals surface area contributed by atoms with E-state index in [1.54, 1.807) is 0 Å². The van der Waals surface area contributed by atoms with Gasteiger partial charge in [-0.25, -0.2) is 4.39 Å². The van der Waals surface area contributed by atoms with E-state index in [1.165, 1.54) is 23.1 Å². The molecule has 1 saturated heterocycles. The number of rotatable bonds is 2. The van der Waals surface area contributed by atoms with E-state index in [-0.39, 0.29) is 17.5 Å². The van der Waals surface area contributed by atoms with Gasteiger partial charge >= 0.3 is 0 Å². The van der Waals surface area contributed by atoms with Gasteiger partial charge in [-0.2, -0.15) is 0 Å². The summed E-state index contributed by atoms with van der Waals surface area (Å²) in [5.74, 6) is -0.598. The highest BCUT2D eigenvalue weighted by Crippen LogP contribution is 2.49. The number of carbonyl (C=O) groups is 2. The number of aldehydes is 1. The lowest BCUT2D eigenvalue weighted by Gasteiger charge is -2.23. The van der Waals surface area contributed by atoms with Gasteiger partial charge in [0.2, 0.25) is 5.91 Å². The second-order valence-electron chi connectivity index (χ2n) is 6.00. The van der Waals surface area contributed by atoms with Crippen LogP contribution in [-0.2, 0) is 4.79 Å². The van der Waals surface area contributed by atoms with Crippen LogP contribution in [-0.4, -0.2) is 12.2 Å². The minimum absolute atomic E-state index is 0.0364. The molecule has 1 aromatic carbocycles. The Morgan fingerprint density at radius 1 is 1.38 bits per heavy atom. The second-order valence-corrected chi connectivity index (χ2v) is 6.00. The lowest BCUT2D eigenvalue weighted by atomic mass is 9.77. The zero-order valence-corrected chi connectivity index (χ0v) is 12.0. The second kappa shape index (κ2) is 4.65. The fourth-order valence-electron chi connectivity index (χ4n) is 3.09. The Labute approximate surface area is 122 Å². The van der Waals surface area contributed by atoms with Gasteiger partial charge in [-0.15, -0.1) is 0 Å². The molecule has 2 aliphatic rings. The van der Waals surface area contributed by atoms with Gasteiger partial charge in [0.15, 0.2) is 0 Å². The lowest BCUT2D eigenvalue weighted by molar-refractivity contribution is -0.125. The largest absolute Gasteiger partial charge is 0.298 e. The monoisotopic (exact) mass is 285 g/mol. The summed E-state index contributed by atoms with van der Waals surface area (Å²) in [6.07, 6.45) is 7.17. The SMILES string of the molecule is CC1(C)C(=O)N(c2cc(C=O)ccc2F)C2=CC=CCC21. The quantitative estimate of drug-likeness (QED) is 0.780. The van der Waals surface area contributed by atoms with Crippen LogP contribution in [0.3, 0.4) is 0 Å².